The molecule has 0 amide bonds. The van der Waals surface area contributed by atoms with Crippen molar-refractivity contribution < 1.29 is 62.8 Å². The number of esters is 1. The minimum absolute atomic E-state index is 0.144. The van der Waals surface area contributed by atoms with Crippen molar-refractivity contribution in [2.24, 2.45) is 23.7 Å². The Hall–Kier alpha value is -1.30. The Morgan fingerprint density at radius 1 is 0.849 bits per heavy atom. The highest BCUT2D eigenvalue weighted by atomic mass is 16.7. The van der Waals surface area contributed by atoms with Crippen molar-refractivity contribution >= 4 is 11.8 Å². The summed E-state index contributed by atoms with van der Waals surface area (Å²) in [6, 6.07) is -0.270. The number of carbonyl (C=O) groups excluding carboxylic acids is 2. The van der Waals surface area contributed by atoms with Gasteiger partial charge in [-0.25, -0.2) is 0 Å². The summed E-state index contributed by atoms with van der Waals surface area (Å²) < 4.78 is 50.0. The number of nitrogens with zero attached hydrogens (tertiary/aromatic N) is 1. The van der Waals surface area contributed by atoms with Gasteiger partial charge in [-0.15, -0.1) is 0 Å². The van der Waals surface area contributed by atoms with Crippen molar-refractivity contribution in [1.29, 1.82) is 0 Å². The number of rotatable bonds is 9. The molecular weight excluding hydrogens is 690 g/mol. The van der Waals surface area contributed by atoms with Crippen molar-refractivity contribution in [3.8, 4) is 0 Å². The Bertz CT molecular complexity index is 1200. The van der Waals surface area contributed by atoms with Gasteiger partial charge in [0.25, 0.3) is 0 Å². The average molecular weight is 762 g/mol. The molecule has 18 atom stereocenters. The smallest absolute Gasteiger partial charge is 0.311 e. The topological polar surface area (TPSA) is 172 Å². The number of ether oxygens (including phenoxy) is 8. The number of methoxy groups -OCH3 is 3. The van der Waals surface area contributed by atoms with Crippen LogP contribution in [0.25, 0.3) is 0 Å². The fourth-order valence-electron chi connectivity index (χ4n) is 9.01. The molecule has 3 aliphatic heterocycles. The van der Waals surface area contributed by atoms with Crippen LogP contribution in [-0.2, 0) is 47.5 Å². The second-order valence-corrected chi connectivity index (χ2v) is 16.8. The Morgan fingerprint density at radius 3 is 1.98 bits per heavy atom. The third kappa shape index (κ3) is 9.81. The van der Waals surface area contributed by atoms with Crippen LogP contribution < -0.4 is 0 Å². The van der Waals surface area contributed by atoms with Gasteiger partial charge < -0.3 is 58.1 Å². The first kappa shape index (κ1) is 46.1. The largest absolute Gasteiger partial charge is 0.459 e. The molecule has 14 nitrogen and oxygen atoms in total. The number of aliphatic hydroxyl groups excluding tert-OH is 2. The van der Waals surface area contributed by atoms with Crippen LogP contribution in [0.2, 0.25) is 0 Å². The predicted molar refractivity (Wildman–Crippen MR) is 196 cm³/mol. The lowest BCUT2D eigenvalue weighted by molar-refractivity contribution is -0.319. The highest BCUT2D eigenvalue weighted by Gasteiger charge is 2.54. The van der Waals surface area contributed by atoms with E-state index in [9.17, 15) is 24.9 Å². The lowest BCUT2D eigenvalue weighted by Gasteiger charge is -2.50. The Morgan fingerprint density at radius 2 is 1.45 bits per heavy atom. The maximum Gasteiger partial charge on any atom is 0.311 e. The van der Waals surface area contributed by atoms with E-state index in [1.54, 1.807) is 34.6 Å². The van der Waals surface area contributed by atoms with E-state index in [2.05, 4.69) is 0 Å². The molecule has 0 spiro atoms. The summed E-state index contributed by atoms with van der Waals surface area (Å²) >= 11 is 0. The van der Waals surface area contributed by atoms with Gasteiger partial charge in [-0.05, 0) is 74.9 Å². The van der Waals surface area contributed by atoms with Gasteiger partial charge in [0.1, 0.15) is 29.7 Å². The lowest BCUT2D eigenvalue weighted by Crippen LogP contribution is -2.61. The number of hydrogen-bond donors (Lipinski definition) is 3. The third-order valence-corrected chi connectivity index (χ3v) is 12.5. The lowest BCUT2D eigenvalue weighted by atomic mass is 9.73. The second-order valence-electron chi connectivity index (χ2n) is 16.8. The molecule has 0 aliphatic carbocycles. The summed E-state index contributed by atoms with van der Waals surface area (Å²) in [5.74, 6) is -3.88. The van der Waals surface area contributed by atoms with Crippen LogP contribution in [0.3, 0.4) is 0 Å². The molecule has 3 heterocycles. The molecule has 0 saturated carbocycles. The summed E-state index contributed by atoms with van der Waals surface area (Å²) in [7, 11) is 8.26. The maximum absolute atomic E-state index is 14.3. The number of cyclic esters (lactones) is 1. The highest BCUT2D eigenvalue weighted by molar-refractivity contribution is 5.83. The van der Waals surface area contributed by atoms with Crippen molar-refractivity contribution in [3.05, 3.63) is 0 Å². The first-order chi connectivity index (χ1) is 24.5. The quantitative estimate of drug-likeness (QED) is 0.293. The number of hydrogen-bond acceptors (Lipinski definition) is 14. The van der Waals surface area contributed by atoms with Crippen molar-refractivity contribution in [2.45, 2.75) is 179 Å². The minimum Gasteiger partial charge on any atom is -0.459 e. The molecule has 0 bridgehead atoms. The molecule has 3 aliphatic rings. The van der Waals surface area contributed by atoms with E-state index in [0.29, 0.717) is 6.42 Å². The zero-order valence-corrected chi connectivity index (χ0v) is 34.9. The molecular formula is C39H71NO13. The molecule has 0 aromatic rings. The van der Waals surface area contributed by atoms with Crippen molar-refractivity contribution in [1.82, 2.24) is 4.90 Å². The maximum atomic E-state index is 14.3. The molecule has 14 heteroatoms. The van der Waals surface area contributed by atoms with Crippen LogP contribution in [0.5, 0.6) is 0 Å². The van der Waals surface area contributed by atoms with E-state index in [4.69, 9.17) is 37.9 Å². The molecule has 53 heavy (non-hydrogen) atoms. The second kappa shape index (κ2) is 18.3. The fraction of sp³-hybridized carbons (Fsp3) is 0.949. The molecule has 3 N–H and O–H groups in total. The van der Waals surface area contributed by atoms with Gasteiger partial charge in [0, 0.05) is 51.5 Å². The molecule has 3 saturated heterocycles. The summed E-state index contributed by atoms with van der Waals surface area (Å²) in [5.41, 5.74) is -3.96. The van der Waals surface area contributed by atoms with Gasteiger partial charge in [-0.2, -0.15) is 0 Å². The minimum atomic E-state index is -1.73. The summed E-state index contributed by atoms with van der Waals surface area (Å²) in [6.45, 7) is 17.7. The first-order valence-corrected chi connectivity index (χ1v) is 19.3. The third-order valence-electron chi connectivity index (χ3n) is 12.5. The van der Waals surface area contributed by atoms with E-state index in [1.807, 2.05) is 46.7 Å². The first-order valence-electron chi connectivity index (χ1n) is 19.3. The van der Waals surface area contributed by atoms with E-state index in [-0.39, 0.29) is 37.2 Å². The Balaban J connectivity index is 2.24. The molecule has 310 valence electrons. The molecule has 0 aromatic carbocycles. The predicted octanol–water partition coefficient (Wildman–Crippen LogP) is 3.09. The Kier molecular flexibility index (Phi) is 15.9. The van der Waals surface area contributed by atoms with Gasteiger partial charge in [0.05, 0.1) is 47.6 Å². The van der Waals surface area contributed by atoms with Crippen LogP contribution in [0.4, 0.5) is 0 Å². The van der Waals surface area contributed by atoms with Gasteiger partial charge >= 0.3 is 5.97 Å². The van der Waals surface area contributed by atoms with Gasteiger partial charge in [-0.3, -0.25) is 9.59 Å². The average Bonchev–Trinajstić information content (AvgIpc) is 3.10. The SMILES string of the molecule is CC[C@@H]1OC(=O)[C@H](C)[C@H](O[C@H]2C[C@](C)(OC)[C@@H](O)[C@H](C)O2)[C@@H](C)[C@H](O[C@@H]2O[C@H](C)C[C@H](N(C)C)[C@H]2O)[C@](C)(OC)C[C@H](C)C(=O)[C@H](C)[C@@H](OC)[C@]1(C)O. The van der Waals surface area contributed by atoms with Crippen LogP contribution in [0, 0.1) is 23.7 Å². The molecule has 3 rings (SSSR count). The number of carbonyl (C=O) groups is 2. The van der Waals surface area contributed by atoms with E-state index < -0.39 is 102 Å². The van der Waals surface area contributed by atoms with E-state index in [1.165, 1.54) is 28.3 Å². The standard InChI is InChI=1S/C39H71NO13/c1-16-27-39(10,45)34(46-13)22(4)29(41)20(2)18-38(9,48-15)33(53-36-30(42)26(40(11)12)17-21(3)49-36)23(5)31(24(6)35(44)51-27)52-28-19-37(8,47-14)32(43)25(7)50-28/h20-28,30-34,36,42-43,45H,16-19H2,1-15H3/t20-,21+,22-,23+,24+,25-,26-,27-,28-,30+,31+,32-,33-,34+,36-,37-,38+,39+/m0/s1. The van der Waals surface area contributed by atoms with Crippen molar-refractivity contribution in [2.75, 3.05) is 35.4 Å². The number of aliphatic hydroxyl groups is 3. The summed E-state index contributed by atoms with van der Waals surface area (Å²) in [5, 5.41) is 34.5. The van der Waals surface area contributed by atoms with Crippen LogP contribution in [0.1, 0.15) is 94.9 Å². The van der Waals surface area contributed by atoms with Crippen LogP contribution >= 0.6 is 0 Å². The highest BCUT2D eigenvalue weighted by Crippen LogP contribution is 2.42. The fourth-order valence-corrected chi connectivity index (χ4v) is 9.01. The van der Waals surface area contributed by atoms with Crippen LogP contribution in [0.15, 0.2) is 0 Å². The monoisotopic (exact) mass is 761 g/mol. The molecule has 0 radical (unpaired) electrons. The van der Waals surface area contributed by atoms with E-state index >= 15 is 0 Å². The summed E-state index contributed by atoms with van der Waals surface area (Å²) in [6.07, 6.45) is -7.72. The Labute approximate surface area is 317 Å². The zero-order valence-electron chi connectivity index (χ0n) is 34.9. The van der Waals surface area contributed by atoms with Crippen LogP contribution in [-0.4, -0.2) is 152 Å². The molecule has 0 unspecified atom stereocenters. The van der Waals surface area contributed by atoms with E-state index in [0.717, 1.165) is 0 Å². The van der Waals surface area contributed by atoms with Gasteiger partial charge in [-0.1, -0.05) is 27.7 Å². The number of ketones is 1. The number of likely N-dealkylation sites (N-methyl/N-ethyl adjacent to an activating group) is 1. The number of Topliss-reactive ketones (excluding diaryl/α,β-unsaturated/α-hetero) is 1. The molecule has 0 aromatic heterocycles. The summed E-state index contributed by atoms with van der Waals surface area (Å²) in [4.78, 5) is 30.5. The molecule has 3 fully saturated rings. The van der Waals surface area contributed by atoms with Gasteiger partial charge in [0.15, 0.2) is 12.6 Å². The normalized spacial score (nSPS) is 48.3. The van der Waals surface area contributed by atoms with Crippen molar-refractivity contribution in [3.63, 3.8) is 0 Å². The van der Waals surface area contributed by atoms with Gasteiger partial charge in [0.2, 0.25) is 0 Å². The zero-order chi connectivity index (χ0) is 40.4.